The van der Waals surface area contributed by atoms with Crippen molar-refractivity contribution in [3.05, 3.63) is 106 Å². The van der Waals surface area contributed by atoms with E-state index in [4.69, 9.17) is 9.47 Å². The van der Waals surface area contributed by atoms with Crippen molar-refractivity contribution in [2.24, 2.45) is 17.3 Å². The second-order valence-electron chi connectivity index (χ2n) is 21.9. The van der Waals surface area contributed by atoms with E-state index in [-0.39, 0.29) is 39.6 Å². The van der Waals surface area contributed by atoms with Gasteiger partial charge in [0.15, 0.2) is 0 Å². The van der Waals surface area contributed by atoms with Gasteiger partial charge in [-0.2, -0.15) is 0 Å². The van der Waals surface area contributed by atoms with Crippen LogP contribution in [0.4, 0.5) is 21.6 Å². The second-order valence-corrected chi connectivity index (χ2v) is 23.6. The molecular formula is C54H68FN9O8S. The summed E-state index contributed by atoms with van der Waals surface area (Å²) in [7, 11) is -4.70. The van der Waals surface area contributed by atoms with Crippen LogP contribution in [0.25, 0.3) is 11.0 Å². The molecule has 5 aliphatic rings. The van der Waals surface area contributed by atoms with Crippen LogP contribution in [-0.4, -0.2) is 120 Å². The van der Waals surface area contributed by atoms with E-state index in [0.717, 1.165) is 122 Å². The van der Waals surface area contributed by atoms with E-state index in [2.05, 4.69) is 77.8 Å². The Bertz CT molecular complexity index is 2920. The molecule has 3 aliphatic heterocycles. The number of benzene rings is 2. The van der Waals surface area contributed by atoms with Crippen LogP contribution < -0.4 is 19.7 Å². The fourth-order valence-electron chi connectivity index (χ4n) is 12.1. The van der Waals surface area contributed by atoms with Crippen LogP contribution in [0.15, 0.2) is 78.1 Å². The molecular weight excluding hydrogens is 954 g/mol. The van der Waals surface area contributed by atoms with Crippen molar-refractivity contribution in [3.8, 4) is 11.5 Å². The van der Waals surface area contributed by atoms with E-state index in [0.29, 0.717) is 49.0 Å². The van der Waals surface area contributed by atoms with Gasteiger partial charge in [0.1, 0.15) is 27.9 Å². The van der Waals surface area contributed by atoms with Gasteiger partial charge in [-0.1, -0.05) is 38.1 Å². The Hall–Kier alpha value is -5.73. The molecule has 73 heavy (non-hydrogen) atoms. The molecule has 390 valence electrons. The number of rotatable bonds is 15. The Labute approximate surface area is 426 Å². The molecule has 17 nitrogen and oxygen atoms in total. The van der Waals surface area contributed by atoms with Crippen molar-refractivity contribution in [1.29, 1.82) is 0 Å². The van der Waals surface area contributed by atoms with Gasteiger partial charge in [0.2, 0.25) is 5.82 Å². The summed E-state index contributed by atoms with van der Waals surface area (Å²) >= 11 is 0. The quantitative estimate of drug-likeness (QED) is 0.0571. The van der Waals surface area contributed by atoms with Crippen LogP contribution in [0.2, 0.25) is 0 Å². The highest BCUT2D eigenvalue weighted by molar-refractivity contribution is 7.90. The highest BCUT2D eigenvalue weighted by Crippen LogP contribution is 2.53. The van der Waals surface area contributed by atoms with Crippen molar-refractivity contribution >= 4 is 44.2 Å². The molecule has 0 bridgehead atoms. The highest BCUT2D eigenvalue weighted by Gasteiger charge is 2.50. The lowest BCUT2D eigenvalue weighted by atomic mass is 9.59. The lowest BCUT2D eigenvalue weighted by Gasteiger charge is -2.58. The number of hydrogen-bond donors (Lipinski definition) is 4. The number of H-pyrrole nitrogens is 1. The van der Waals surface area contributed by atoms with Gasteiger partial charge in [-0.25, -0.2) is 27.5 Å². The molecule has 3 saturated heterocycles. The summed E-state index contributed by atoms with van der Waals surface area (Å²) in [5.41, 5.74) is 2.74. The number of amides is 1. The fourth-order valence-corrected chi connectivity index (χ4v) is 13.1. The first-order valence-corrected chi connectivity index (χ1v) is 27.5. The van der Waals surface area contributed by atoms with Crippen molar-refractivity contribution in [1.82, 2.24) is 29.5 Å². The zero-order chi connectivity index (χ0) is 51.1. The van der Waals surface area contributed by atoms with Gasteiger partial charge in [-0.3, -0.25) is 24.7 Å². The molecule has 5 fully saturated rings. The molecule has 5 aromatic rings. The molecule has 10 rings (SSSR count). The van der Waals surface area contributed by atoms with E-state index in [1.165, 1.54) is 35.7 Å². The number of ether oxygens (including phenoxy) is 2. The number of sulfonamides is 1. The average molecular weight is 1020 g/mol. The van der Waals surface area contributed by atoms with Crippen LogP contribution >= 0.6 is 0 Å². The number of fused-ring (bicyclic) bond motifs is 1. The predicted molar refractivity (Wildman–Crippen MR) is 276 cm³/mol. The number of carbonyl (C=O) groups excluding carboxylic acids is 1. The number of nitro groups is 1. The SMILES string of the molecule is CC(C)c1ccccc1[C@@H]1CN(CC2CCOCC2)CCN1C1CC2(CCN(c3ccc(C(=O)NS(=O)(=O)c4cnc(NCC5CCC(C)(O)CC5)c([N+](=O)[O-])c4)c(Oc4cnc5[nH]cc(F)c5c4)c3)CC2)C1. The largest absolute Gasteiger partial charge is 0.455 e. The number of pyridine rings is 2. The van der Waals surface area contributed by atoms with Crippen molar-refractivity contribution in [3.63, 3.8) is 0 Å². The summed E-state index contributed by atoms with van der Waals surface area (Å²) in [6.07, 6.45) is 12.7. The minimum absolute atomic E-state index is 0.0165. The molecule has 0 unspecified atom stereocenters. The molecule has 2 aromatic carbocycles. The first-order valence-electron chi connectivity index (χ1n) is 26.0. The van der Waals surface area contributed by atoms with Crippen LogP contribution in [-0.2, 0) is 14.8 Å². The van der Waals surface area contributed by atoms with E-state index < -0.39 is 42.9 Å². The number of anilines is 2. The number of piperazine rings is 1. The first-order chi connectivity index (χ1) is 35.0. The zero-order valence-corrected chi connectivity index (χ0v) is 42.8. The predicted octanol–water partition coefficient (Wildman–Crippen LogP) is 8.93. The molecule has 19 heteroatoms. The Morgan fingerprint density at radius 2 is 1.74 bits per heavy atom. The van der Waals surface area contributed by atoms with Gasteiger partial charge in [0, 0.05) is 95.1 Å². The molecule has 3 aromatic heterocycles. The number of carbonyl (C=O) groups is 1. The van der Waals surface area contributed by atoms with Crippen molar-refractivity contribution in [2.75, 3.05) is 69.2 Å². The van der Waals surface area contributed by atoms with Gasteiger partial charge in [-0.05, 0) is 124 Å². The molecule has 0 radical (unpaired) electrons. The summed E-state index contributed by atoms with van der Waals surface area (Å²) in [5, 5.41) is 25.7. The van der Waals surface area contributed by atoms with Gasteiger partial charge in [0.05, 0.1) is 33.9 Å². The second kappa shape index (κ2) is 20.9. The third-order valence-corrected chi connectivity index (χ3v) is 17.8. The highest BCUT2D eigenvalue weighted by atomic mass is 32.2. The Kier molecular flexibility index (Phi) is 14.5. The van der Waals surface area contributed by atoms with Crippen LogP contribution in [0.3, 0.4) is 0 Å². The Balaban J connectivity index is 0.836. The number of nitrogens with one attached hydrogen (secondary N) is 3. The lowest BCUT2D eigenvalue weighted by Crippen LogP contribution is -2.60. The molecule has 2 saturated carbocycles. The topological polar surface area (TPSA) is 208 Å². The molecule has 1 atom stereocenters. The average Bonchev–Trinajstić information content (AvgIpc) is 3.74. The third kappa shape index (κ3) is 11.2. The first kappa shape index (κ1) is 50.8. The van der Waals surface area contributed by atoms with E-state index in [9.17, 15) is 32.8 Å². The van der Waals surface area contributed by atoms with Crippen LogP contribution in [0.5, 0.6) is 11.5 Å². The summed E-state index contributed by atoms with van der Waals surface area (Å²) in [4.78, 5) is 43.9. The maximum Gasteiger partial charge on any atom is 0.312 e. The van der Waals surface area contributed by atoms with Crippen LogP contribution in [0.1, 0.15) is 118 Å². The minimum Gasteiger partial charge on any atom is -0.455 e. The van der Waals surface area contributed by atoms with Crippen molar-refractivity contribution < 1.29 is 37.1 Å². The number of halogens is 1. The Morgan fingerprint density at radius 1 is 0.986 bits per heavy atom. The number of aromatic amines is 1. The standard InChI is InChI=1S/C54H68FN9O8S/c1-35(2)42-6-4-5-7-43(42)48-34-61(33-37-12-22-71-23-13-37)20-21-63(48)39-27-54(28-39)16-18-62(19-17-54)38-8-9-44(49(24-38)72-40-25-45-46(55)32-59-50(45)57-30-40)52(65)60-73(69,70)41-26-47(64(67)68)51(58-31-41)56-29-36-10-14-53(3,66)15-11-36/h4-9,24-26,30-32,35-37,39,48,66H,10-23,27-29,33-34H2,1-3H3,(H,56,58)(H,57,59)(H,60,65)/t36?,48-,53?/m0/s1. The number of aromatic nitrogens is 3. The third-order valence-electron chi connectivity index (χ3n) is 16.5. The van der Waals surface area contributed by atoms with E-state index >= 15 is 0 Å². The summed E-state index contributed by atoms with van der Waals surface area (Å²) in [5.74, 6) is -0.287. The van der Waals surface area contributed by atoms with Crippen LogP contribution in [0, 0.1) is 33.2 Å². The summed E-state index contributed by atoms with van der Waals surface area (Å²) in [6.45, 7) is 14.3. The van der Waals surface area contributed by atoms with E-state index in [1.807, 2.05) is 0 Å². The van der Waals surface area contributed by atoms with Gasteiger partial charge in [0.25, 0.3) is 15.9 Å². The monoisotopic (exact) mass is 1020 g/mol. The molecule has 1 amide bonds. The van der Waals surface area contributed by atoms with Gasteiger partial charge < -0.3 is 29.8 Å². The number of piperidine rings is 1. The fraction of sp³-hybridized carbons (Fsp3) is 0.537. The normalized spacial score (nSPS) is 23.4. The van der Waals surface area contributed by atoms with E-state index in [1.54, 1.807) is 19.1 Å². The summed E-state index contributed by atoms with van der Waals surface area (Å²) in [6, 6.07) is 17.1. The van der Waals surface area contributed by atoms with Crippen molar-refractivity contribution in [2.45, 2.75) is 113 Å². The molecule has 6 heterocycles. The van der Waals surface area contributed by atoms with Gasteiger partial charge in [-0.15, -0.1) is 0 Å². The number of nitrogens with zero attached hydrogens (tertiary/aromatic N) is 6. The number of hydrogen-bond acceptors (Lipinski definition) is 14. The summed E-state index contributed by atoms with van der Waals surface area (Å²) < 4.78 is 56.3. The molecule has 2 aliphatic carbocycles. The van der Waals surface area contributed by atoms with Gasteiger partial charge >= 0.3 is 5.69 Å². The minimum atomic E-state index is -4.70. The Morgan fingerprint density at radius 3 is 2.48 bits per heavy atom. The molecule has 1 spiro atoms. The maximum atomic E-state index is 14.7. The smallest absolute Gasteiger partial charge is 0.312 e. The molecule has 4 N–H and O–H groups in total. The number of aliphatic hydroxyl groups is 1. The maximum absolute atomic E-state index is 14.7. The lowest BCUT2D eigenvalue weighted by molar-refractivity contribution is -0.384. The zero-order valence-electron chi connectivity index (χ0n) is 42.0.